The zero-order valence-corrected chi connectivity index (χ0v) is 12.0. The Balaban J connectivity index is 2.35. The van der Waals surface area contributed by atoms with Gasteiger partial charge in [0.2, 0.25) is 0 Å². The summed E-state index contributed by atoms with van der Waals surface area (Å²) in [7, 11) is 0. The lowest BCUT2D eigenvalue weighted by atomic mass is 10.2. The van der Waals surface area contributed by atoms with Crippen LogP contribution in [-0.4, -0.2) is 24.2 Å². The highest BCUT2D eigenvalue weighted by Gasteiger charge is 2.00. The second-order valence-electron chi connectivity index (χ2n) is 4.49. The molecule has 96 valence electrons. The van der Waals surface area contributed by atoms with Crippen LogP contribution in [0.2, 0.25) is 0 Å². The molecule has 3 heteroatoms. The van der Waals surface area contributed by atoms with Crippen LogP contribution in [0.25, 0.3) is 0 Å². The Morgan fingerprint density at radius 1 is 1.18 bits per heavy atom. The van der Waals surface area contributed by atoms with Gasteiger partial charge in [0.05, 0.1) is 6.10 Å². The number of hydrogen-bond donors (Lipinski definition) is 1. The van der Waals surface area contributed by atoms with Crippen molar-refractivity contribution in [3.63, 3.8) is 0 Å². The van der Waals surface area contributed by atoms with Crippen LogP contribution < -0.4 is 10.1 Å². The molecule has 0 aromatic heterocycles. The largest absolute Gasteiger partial charge is 0.491 e. The molecule has 1 N–H and O–H groups in total. The van der Waals surface area contributed by atoms with E-state index in [1.807, 2.05) is 37.7 Å². The fourth-order valence-corrected chi connectivity index (χ4v) is 1.75. The minimum atomic E-state index is 0.237. The minimum absolute atomic E-state index is 0.237. The van der Waals surface area contributed by atoms with Gasteiger partial charge in [-0.3, -0.25) is 0 Å². The van der Waals surface area contributed by atoms with E-state index in [-0.39, 0.29) is 6.10 Å². The second-order valence-corrected chi connectivity index (χ2v) is 5.76. The van der Waals surface area contributed by atoms with Gasteiger partial charge in [-0.15, -0.1) is 0 Å². The van der Waals surface area contributed by atoms with Crippen LogP contribution in [0.15, 0.2) is 24.3 Å². The molecule has 1 rings (SSSR count). The first-order chi connectivity index (χ1) is 8.11. The molecule has 1 aromatic rings. The van der Waals surface area contributed by atoms with E-state index in [0.29, 0.717) is 5.25 Å². The average Bonchev–Trinajstić information content (AvgIpc) is 2.30. The van der Waals surface area contributed by atoms with E-state index in [4.69, 9.17) is 4.74 Å². The van der Waals surface area contributed by atoms with E-state index in [1.165, 1.54) is 5.56 Å². The third-order valence-corrected chi connectivity index (χ3v) is 3.43. The fraction of sp³-hybridized carbons (Fsp3) is 0.571. The molecular weight excluding hydrogens is 230 g/mol. The summed E-state index contributed by atoms with van der Waals surface area (Å²) in [6.45, 7) is 8.29. The molecule has 0 bridgehead atoms. The molecule has 0 saturated heterocycles. The number of hydrogen-bond acceptors (Lipinski definition) is 3. The summed E-state index contributed by atoms with van der Waals surface area (Å²) in [6.07, 6.45) is 2.38. The van der Waals surface area contributed by atoms with Crippen molar-refractivity contribution in [1.82, 2.24) is 5.32 Å². The second kappa shape index (κ2) is 7.62. The molecule has 1 atom stereocenters. The van der Waals surface area contributed by atoms with E-state index >= 15 is 0 Å². The monoisotopic (exact) mass is 253 g/mol. The summed E-state index contributed by atoms with van der Waals surface area (Å²) in [5, 5.41) is 4.12. The number of nitrogens with one attached hydrogen (secondary N) is 1. The molecule has 0 saturated carbocycles. The van der Waals surface area contributed by atoms with Crippen LogP contribution >= 0.6 is 11.8 Å². The van der Waals surface area contributed by atoms with Crippen molar-refractivity contribution >= 4 is 11.8 Å². The molecule has 0 aliphatic heterocycles. The maximum Gasteiger partial charge on any atom is 0.119 e. The number of ether oxygens (including phenoxy) is 1. The van der Waals surface area contributed by atoms with Crippen molar-refractivity contribution in [2.45, 2.75) is 38.7 Å². The van der Waals surface area contributed by atoms with Gasteiger partial charge in [0, 0.05) is 18.3 Å². The summed E-state index contributed by atoms with van der Waals surface area (Å²) in [4.78, 5) is 0. The Morgan fingerprint density at radius 2 is 1.82 bits per heavy atom. The molecule has 0 fully saturated rings. The molecule has 0 amide bonds. The Morgan fingerprint density at radius 3 is 2.35 bits per heavy atom. The molecule has 17 heavy (non-hydrogen) atoms. The maximum absolute atomic E-state index is 5.61. The molecular formula is C14H23NOS. The SMILES string of the molecule is CSC(C)CNCc1ccc(OC(C)C)cc1. The molecule has 0 aliphatic rings. The van der Waals surface area contributed by atoms with Crippen molar-refractivity contribution in [2.24, 2.45) is 0 Å². The van der Waals surface area contributed by atoms with Crippen LogP contribution in [0.5, 0.6) is 5.75 Å². The lowest BCUT2D eigenvalue weighted by Gasteiger charge is -2.11. The predicted molar refractivity (Wildman–Crippen MR) is 76.9 cm³/mol. The highest BCUT2D eigenvalue weighted by molar-refractivity contribution is 7.99. The molecule has 2 nitrogen and oxygen atoms in total. The van der Waals surface area contributed by atoms with Crippen molar-refractivity contribution in [3.8, 4) is 5.75 Å². The van der Waals surface area contributed by atoms with Crippen molar-refractivity contribution in [2.75, 3.05) is 12.8 Å². The molecule has 1 aromatic carbocycles. The minimum Gasteiger partial charge on any atom is -0.491 e. The van der Waals surface area contributed by atoms with Crippen LogP contribution in [0, 0.1) is 0 Å². The van der Waals surface area contributed by atoms with Gasteiger partial charge in [-0.2, -0.15) is 11.8 Å². The zero-order valence-electron chi connectivity index (χ0n) is 11.2. The van der Waals surface area contributed by atoms with Gasteiger partial charge >= 0.3 is 0 Å². The Labute approximate surface area is 109 Å². The Hall–Kier alpha value is -0.670. The van der Waals surface area contributed by atoms with Gasteiger partial charge in [0.25, 0.3) is 0 Å². The first-order valence-electron chi connectivity index (χ1n) is 6.11. The highest BCUT2D eigenvalue weighted by atomic mass is 32.2. The topological polar surface area (TPSA) is 21.3 Å². The normalized spacial score (nSPS) is 12.8. The zero-order chi connectivity index (χ0) is 12.7. The van der Waals surface area contributed by atoms with Crippen molar-refractivity contribution < 1.29 is 4.74 Å². The van der Waals surface area contributed by atoms with E-state index in [2.05, 4.69) is 30.6 Å². The third kappa shape index (κ3) is 5.99. The first kappa shape index (κ1) is 14.4. The van der Waals surface area contributed by atoms with E-state index in [0.717, 1.165) is 18.8 Å². The van der Waals surface area contributed by atoms with Gasteiger partial charge in [0.15, 0.2) is 0 Å². The first-order valence-corrected chi connectivity index (χ1v) is 7.39. The predicted octanol–water partition coefficient (Wildman–Crippen LogP) is 3.31. The summed E-state index contributed by atoms with van der Waals surface area (Å²) in [6, 6.07) is 8.31. The molecule has 0 spiro atoms. The summed E-state index contributed by atoms with van der Waals surface area (Å²) < 4.78 is 5.61. The molecule has 0 heterocycles. The molecule has 0 aliphatic carbocycles. The van der Waals surface area contributed by atoms with Gasteiger partial charge in [0.1, 0.15) is 5.75 Å². The third-order valence-electron chi connectivity index (χ3n) is 2.46. The van der Waals surface area contributed by atoms with E-state index in [9.17, 15) is 0 Å². The fourth-order valence-electron chi connectivity index (χ4n) is 1.46. The molecule has 0 radical (unpaired) electrons. The summed E-state index contributed by atoms with van der Waals surface area (Å²) in [5.41, 5.74) is 1.30. The quantitative estimate of drug-likeness (QED) is 0.805. The lowest BCUT2D eigenvalue weighted by Crippen LogP contribution is -2.21. The van der Waals surface area contributed by atoms with Gasteiger partial charge < -0.3 is 10.1 Å². The van der Waals surface area contributed by atoms with Crippen LogP contribution in [-0.2, 0) is 6.54 Å². The van der Waals surface area contributed by atoms with Gasteiger partial charge in [-0.05, 0) is 37.8 Å². The van der Waals surface area contributed by atoms with Crippen LogP contribution in [0.3, 0.4) is 0 Å². The van der Waals surface area contributed by atoms with Gasteiger partial charge in [-0.1, -0.05) is 19.1 Å². The number of thioether (sulfide) groups is 1. The summed E-state index contributed by atoms with van der Waals surface area (Å²) in [5.74, 6) is 0.946. The van der Waals surface area contributed by atoms with E-state index in [1.54, 1.807) is 0 Å². The number of benzene rings is 1. The van der Waals surface area contributed by atoms with Crippen molar-refractivity contribution in [3.05, 3.63) is 29.8 Å². The molecule has 1 unspecified atom stereocenters. The lowest BCUT2D eigenvalue weighted by molar-refractivity contribution is 0.242. The standard InChI is InChI=1S/C14H23NOS/c1-11(2)16-14-7-5-13(6-8-14)10-15-9-12(3)17-4/h5-8,11-12,15H,9-10H2,1-4H3. The van der Waals surface area contributed by atoms with E-state index < -0.39 is 0 Å². The van der Waals surface area contributed by atoms with Crippen LogP contribution in [0.4, 0.5) is 0 Å². The maximum atomic E-state index is 5.61. The summed E-state index contributed by atoms with van der Waals surface area (Å²) >= 11 is 1.89. The van der Waals surface area contributed by atoms with Crippen LogP contribution in [0.1, 0.15) is 26.3 Å². The Bertz CT molecular complexity index is 311. The van der Waals surface area contributed by atoms with Crippen molar-refractivity contribution in [1.29, 1.82) is 0 Å². The number of rotatable bonds is 7. The average molecular weight is 253 g/mol. The highest BCUT2D eigenvalue weighted by Crippen LogP contribution is 2.13. The van der Waals surface area contributed by atoms with Gasteiger partial charge in [-0.25, -0.2) is 0 Å². The Kier molecular flexibility index (Phi) is 6.45. The smallest absolute Gasteiger partial charge is 0.119 e.